The Bertz CT molecular complexity index is 915. The molecule has 0 aliphatic carbocycles. The molecular formula is C19H22N2O5S. The third-order valence-electron chi connectivity index (χ3n) is 4.36. The van der Waals surface area contributed by atoms with Crippen molar-refractivity contribution in [2.24, 2.45) is 0 Å². The molecule has 7 nitrogen and oxygen atoms in total. The van der Waals surface area contributed by atoms with Crippen molar-refractivity contribution in [3.8, 4) is 11.5 Å². The predicted octanol–water partition coefficient (Wildman–Crippen LogP) is 2.77. The Morgan fingerprint density at radius 3 is 2.56 bits per heavy atom. The molecule has 1 unspecified atom stereocenters. The lowest BCUT2D eigenvalue weighted by Crippen LogP contribution is -2.35. The number of benzene rings is 2. The average molecular weight is 390 g/mol. The summed E-state index contributed by atoms with van der Waals surface area (Å²) in [4.78, 5) is 12.3. The van der Waals surface area contributed by atoms with Gasteiger partial charge >= 0.3 is 0 Å². The summed E-state index contributed by atoms with van der Waals surface area (Å²) in [6.07, 6.45) is 1.20. The quantitative estimate of drug-likeness (QED) is 0.786. The van der Waals surface area contributed by atoms with Crippen LogP contribution < -0.4 is 14.8 Å². The van der Waals surface area contributed by atoms with Crippen molar-refractivity contribution in [2.45, 2.75) is 19.4 Å². The summed E-state index contributed by atoms with van der Waals surface area (Å²) in [5.74, 6) is 0.930. The highest BCUT2D eigenvalue weighted by Gasteiger charge is 2.25. The number of hydrogen-bond acceptors (Lipinski definition) is 5. The number of ether oxygens (including phenoxy) is 2. The maximum Gasteiger partial charge on any atom is 0.231 e. The number of amides is 1. The molecule has 0 fully saturated rings. The van der Waals surface area contributed by atoms with Crippen molar-refractivity contribution in [3.63, 3.8) is 0 Å². The lowest BCUT2D eigenvalue weighted by Gasteiger charge is -2.27. The van der Waals surface area contributed by atoms with Crippen LogP contribution >= 0.6 is 0 Å². The fourth-order valence-electron chi connectivity index (χ4n) is 2.95. The molecule has 0 spiro atoms. The van der Waals surface area contributed by atoms with E-state index in [0.29, 0.717) is 17.2 Å². The lowest BCUT2D eigenvalue weighted by atomic mass is 10.1. The molecule has 1 amide bonds. The fraction of sp³-hybridized carbons (Fsp3) is 0.316. The average Bonchev–Trinajstić information content (AvgIpc) is 3.09. The van der Waals surface area contributed by atoms with Gasteiger partial charge in [0.05, 0.1) is 6.26 Å². The Kier molecular flexibility index (Phi) is 5.67. The minimum Gasteiger partial charge on any atom is -0.454 e. The number of fused-ring (bicyclic) bond motifs is 1. The topological polar surface area (TPSA) is 84.9 Å². The number of carbonyl (C=O) groups is 1. The Morgan fingerprint density at radius 2 is 1.85 bits per heavy atom. The Balaban J connectivity index is 1.64. The molecule has 8 heteroatoms. The molecule has 0 radical (unpaired) electrons. The van der Waals surface area contributed by atoms with Crippen molar-refractivity contribution in [2.75, 3.05) is 24.9 Å². The second kappa shape index (κ2) is 7.98. The van der Waals surface area contributed by atoms with Crippen LogP contribution in [0.25, 0.3) is 0 Å². The summed E-state index contributed by atoms with van der Waals surface area (Å²) in [6, 6.07) is 14.1. The van der Waals surface area contributed by atoms with Crippen molar-refractivity contribution in [3.05, 3.63) is 54.1 Å². The molecule has 0 aromatic heterocycles. The van der Waals surface area contributed by atoms with E-state index in [1.54, 1.807) is 18.2 Å². The molecule has 0 saturated carbocycles. The van der Waals surface area contributed by atoms with Gasteiger partial charge in [0.2, 0.25) is 22.7 Å². The molecule has 144 valence electrons. The van der Waals surface area contributed by atoms with E-state index in [1.807, 2.05) is 37.3 Å². The fourth-order valence-corrected chi connectivity index (χ4v) is 4.07. The van der Waals surface area contributed by atoms with Crippen molar-refractivity contribution >= 4 is 21.6 Å². The summed E-state index contributed by atoms with van der Waals surface area (Å²) in [7, 11) is -3.47. The van der Waals surface area contributed by atoms with Gasteiger partial charge in [0.1, 0.15) is 0 Å². The summed E-state index contributed by atoms with van der Waals surface area (Å²) in [5.41, 5.74) is 1.45. The summed E-state index contributed by atoms with van der Waals surface area (Å²) >= 11 is 0. The van der Waals surface area contributed by atoms with Crippen LogP contribution in [0.2, 0.25) is 0 Å². The second-order valence-corrected chi connectivity index (χ2v) is 8.26. The van der Waals surface area contributed by atoms with E-state index >= 15 is 0 Å². The predicted molar refractivity (Wildman–Crippen MR) is 102 cm³/mol. The molecule has 1 heterocycles. The maximum absolute atomic E-state index is 12.3. The highest BCUT2D eigenvalue weighted by atomic mass is 32.2. The van der Waals surface area contributed by atoms with Gasteiger partial charge in [-0.05, 0) is 24.6 Å². The number of sulfonamides is 1. The Labute approximate surface area is 158 Å². The standard InChI is InChI=1S/C19H22N2O5S/c1-14(15-6-4-3-5-7-15)21(27(2,23)24)11-10-19(22)20-16-8-9-17-18(12-16)26-13-25-17/h3-9,12,14H,10-11,13H2,1-2H3,(H,20,22). The molecule has 0 bridgehead atoms. The van der Waals surface area contributed by atoms with Crippen LogP contribution in [-0.2, 0) is 14.8 Å². The first kappa shape index (κ1) is 19.2. The number of nitrogens with one attached hydrogen (secondary N) is 1. The number of rotatable bonds is 7. The van der Waals surface area contributed by atoms with Gasteiger partial charge in [-0.25, -0.2) is 8.42 Å². The Hall–Kier alpha value is -2.58. The normalized spacial score (nSPS) is 14.2. The zero-order chi connectivity index (χ0) is 19.4. The van der Waals surface area contributed by atoms with E-state index in [4.69, 9.17) is 9.47 Å². The largest absolute Gasteiger partial charge is 0.454 e. The number of hydrogen-bond donors (Lipinski definition) is 1. The highest BCUT2D eigenvalue weighted by molar-refractivity contribution is 7.88. The van der Waals surface area contributed by atoms with E-state index in [-0.39, 0.29) is 31.7 Å². The van der Waals surface area contributed by atoms with Crippen LogP contribution in [-0.4, -0.2) is 38.2 Å². The highest BCUT2D eigenvalue weighted by Crippen LogP contribution is 2.34. The minimum atomic E-state index is -3.47. The molecule has 1 aliphatic heterocycles. The second-order valence-electron chi connectivity index (χ2n) is 6.33. The molecule has 0 saturated heterocycles. The first-order chi connectivity index (χ1) is 12.8. The van der Waals surface area contributed by atoms with E-state index in [2.05, 4.69) is 5.32 Å². The van der Waals surface area contributed by atoms with Crippen LogP contribution in [0.1, 0.15) is 24.9 Å². The maximum atomic E-state index is 12.3. The molecule has 1 N–H and O–H groups in total. The van der Waals surface area contributed by atoms with Gasteiger partial charge in [-0.2, -0.15) is 4.31 Å². The summed E-state index contributed by atoms with van der Waals surface area (Å²) in [6.45, 7) is 2.06. The Morgan fingerprint density at radius 1 is 1.15 bits per heavy atom. The van der Waals surface area contributed by atoms with Gasteiger partial charge in [-0.1, -0.05) is 30.3 Å². The molecular weight excluding hydrogens is 368 g/mol. The number of nitrogens with zero attached hydrogens (tertiary/aromatic N) is 1. The molecule has 27 heavy (non-hydrogen) atoms. The summed E-state index contributed by atoms with van der Waals surface area (Å²) in [5, 5.41) is 2.76. The van der Waals surface area contributed by atoms with Crippen LogP contribution in [0.4, 0.5) is 5.69 Å². The van der Waals surface area contributed by atoms with Gasteiger partial charge in [0, 0.05) is 30.8 Å². The van der Waals surface area contributed by atoms with E-state index in [9.17, 15) is 13.2 Å². The molecule has 1 aliphatic rings. The van der Waals surface area contributed by atoms with Gasteiger partial charge in [-0.3, -0.25) is 4.79 Å². The van der Waals surface area contributed by atoms with Gasteiger partial charge < -0.3 is 14.8 Å². The molecule has 3 rings (SSSR count). The van der Waals surface area contributed by atoms with Crippen molar-refractivity contribution < 1.29 is 22.7 Å². The zero-order valence-electron chi connectivity index (χ0n) is 15.2. The third-order valence-corrected chi connectivity index (χ3v) is 5.71. The molecule has 2 aromatic rings. The minimum absolute atomic E-state index is 0.0404. The van der Waals surface area contributed by atoms with Gasteiger partial charge in [0.15, 0.2) is 11.5 Å². The van der Waals surface area contributed by atoms with Crippen LogP contribution in [0.15, 0.2) is 48.5 Å². The summed E-state index contributed by atoms with van der Waals surface area (Å²) < 4.78 is 36.3. The number of carbonyl (C=O) groups excluding carboxylic acids is 1. The van der Waals surface area contributed by atoms with Crippen molar-refractivity contribution in [1.29, 1.82) is 0 Å². The molecule has 1 atom stereocenters. The van der Waals surface area contributed by atoms with Gasteiger partial charge in [-0.15, -0.1) is 0 Å². The number of anilines is 1. The van der Waals surface area contributed by atoms with Crippen LogP contribution in [0, 0.1) is 0 Å². The molecule has 2 aromatic carbocycles. The third kappa shape index (κ3) is 4.78. The van der Waals surface area contributed by atoms with Crippen LogP contribution in [0.5, 0.6) is 11.5 Å². The van der Waals surface area contributed by atoms with Gasteiger partial charge in [0.25, 0.3) is 0 Å². The monoisotopic (exact) mass is 390 g/mol. The van der Waals surface area contributed by atoms with E-state index in [1.165, 1.54) is 4.31 Å². The first-order valence-corrected chi connectivity index (χ1v) is 10.4. The van der Waals surface area contributed by atoms with E-state index in [0.717, 1.165) is 11.8 Å². The lowest BCUT2D eigenvalue weighted by molar-refractivity contribution is -0.116. The first-order valence-electron chi connectivity index (χ1n) is 8.56. The van der Waals surface area contributed by atoms with Crippen molar-refractivity contribution in [1.82, 2.24) is 4.31 Å². The smallest absolute Gasteiger partial charge is 0.231 e. The zero-order valence-corrected chi connectivity index (χ0v) is 16.0. The SMILES string of the molecule is CC(c1ccccc1)N(CCC(=O)Nc1ccc2c(c1)OCO2)S(C)(=O)=O. The van der Waals surface area contributed by atoms with Crippen LogP contribution in [0.3, 0.4) is 0 Å². The van der Waals surface area contributed by atoms with E-state index < -0.39 is 10.0 Å².